The maximum absolute atomic E-state index is 12.0. The molecule has 5 heteroatoms. The summed E-state index contributed by atoms with van der Waals surface area (Å²) in [4.78, 5) is 25.4. The second kappa shape index (κ2) is 6.85. The maximum Gasteiger partial charge on any atom is 0.257 e. The number of amides is 1. The van der Waals surface area contributed by atoms with Crippen LogP contribution in [0.3, 0.4) is 0 Å². The highest BCUT2D eigenvalue weighted by atomic mass is 16.1. The summed E-state index contributed by atoms with van der Waals surface area (Å²) in [7, 11) is 0. The van der Waals surface area contributed by atoms with Crippen LogP contribution in [0.1, 0.15) is 29.8 Å². The number of carbonyl (C=O) groups is 1. The first-order chi connectivity index (χ1) is 10.0. The van der Waals surface area contributed by atoms with Crippen LogP contribution in [0.2, 0.25) is 0 Å². The van der Waals surface area contributed by atoms with Gasteiger partial charge in [0, 0.05) is 30.5 Å². The van der Waals surface area contributed by atoms with Crippen LogP contribution in [0.4, 0.5) is 5.69 Å². The number of benzene rings is 1. The number of H-pyrrole nitrogens is 1. The number of hydrogen-bond acceptors (Lipinski definition) is 3. The first-order valence-corrected chi connectivity index (χ1v) is 6.87. The Labute approximate surface area is 123 Å². The molecule has 0 unspecified atom stereocenters. The molecular weight excluding hydrogens is 266 g/mol. The third kappa shape index (κ3) is 4.57. The van der Waals surface area contributed by atoms with E-state index in [-0.39, 0.29) is 11.5 Å². The Kier molecular flexibility index (Phi) is 4.90. The van der Waals surface area contributed by atoms with Crippen LogP contribution >= 0.6 is 0 Å². The number of hydrogen-bond donors (Lipinski definition) is 3. The summed E-state index contributed by atoms with van der Waals surface area (Å²) in [5, 5.41) is 6.12. The van der Waals surface area contributed by atoms with Crippen LogP contribution in [0.5, 0.6) is 0 Å². The van der Waals surface area contributed by atoms with E-state index in [2.05, 4.69) is 29.5 Å². The number of anilines is 1. The zero-order chi connectivity index (χ0) is 15.2. The van der Waals surface area contributed by atoms with Gasteiger partial charge in [-0.25, -0.2) is 0 Å². The highest BCUT2D eigenvalue weighted by Crippen LogP contribution is 2.11. The largest absolute Gasteiger partial charge is 0.328 e. The van der Waals surface area contributed by atoms with Crippen molar-refractivity contribution in [3.8, 4) is 0 Å². The maximum atomic E-state index is 12.0. The molecule has 0 bridgehead atoms. The van der Waals surface area contributed by atoms with Crippen molar-refractivity contribution in [3.05, 3.63) is 64.1 Å². The Hall–Kier alpha value is -2.40. The van der Waals surface area contributed by atoms with Crippen LogP contribution in [-0.2, 0) is 6.54 Å². The first-order valence-electron chi connectivity index (χ1n) is 6.87. The fourth-order valence-electron chi connectivity index (χ4n) is 1.78. The van der Waals surface area contributed by atoms with Gasteiger partial charge in [-0.3, -0.25) is 9.59 Å². The molecule has 0 saturated heterocycles. The molecule has 0 radical (unpaired) electrons. The Bertz CT molecular complexity index is 639. The van der Waals surface area contributed by atoms with Crippen LogP contribution in [0, 0.1) is 0 Å². The van der Waals surface area contributed by atoms with Gasteiger partial charge in [0.1, 0.15) is 0 Å². The molecule has 3 N–H and O–H groups in total. The topological polar surface area (TPSA) is 74.0 Å². The lowest BCUT2D eigenvalue weighted by atomic mass is 10.2. The van der Waals surface area contributed by atoms with Crippen LogP contribution in [0.25, 0.3) is 0 Å². The molecule has 0 saturated carbocycles. The Morgan fingerprint density at radius 2 is 1.86 bits per heavy atom. The Morgan fingerprint density at radius 3 is 2.43 bits per heavy atom. The fourth-order valence-corrected chi connectivity index (χ4v) is 1.78. The third-order valence-electron chi connectivity index (χ3n) is 2.97. The summed E-state index contributed by atoms with van der Waals surface area (Å²) in [5.41, 5.74) is 2.07. The van der Waals surface area contributed by atoms with Gasteiger partial charge in [-0.15, -0.1) is 0 Å². The van der Waals surface area contributed by atoms with E-state index in [1.165, 1.54) is 18.3 Å². The lowest BCUT2D eigenvalue weighted by molar-refractivity contribution is 0.102. The van der Waals surface area contributed by atoms with Crippen molar-refractivity contribution in [1.82, 2.24) is 10.3 Å². The molecule has 0 spiro atoms. The SMILES string of the molecule is CC(C)NCc1ccc(NC(=O)c2ccc(=O)[nH]c2)cc1. The summed E-state index contributed by atoms with van der Waals surface area (Å²) in [6, 6.07) is 10.9. The van der Waals surface area contributed by atoms with Gasteiger partial charge >= 0.3 is 0 Å². The van der Waals surface area contributed by atoms with Crippen LogP contribution < -0.4 is 16.2 Å². The normalized spacial score (nSPS) is 10.6. The summed E-state index contributed by atoms with van der Waals surface area (Å²) >= 11 is 0. The fraction of sp³-hybridized carbons (Fsp3) is 0.250. The monoisotopic (exact) mass is 285 g/mol. The van der Waals surface area contributed by atoms with E-state index in [4.69, 9.17) is 0 Å². The molecule has 0 aliphatic rings. The summed E-state index contributed by atoms with van der Waals surface area (Å²) in [6.45, 7) is 4.99. The average Bonchev–Trinajstić information content (AvgIpc) is 2.47. The van der Waals surface area contributed by atoms with E-state index >= 15 is 0 Å². The number of carbonyl (C=O) groups excluding carboxylic acids is 1. The van der Waals surface area contributed by atoms with E-state index in [0.29, 0.717) is 11.6 Å². The molecule has 1 aromatic heterocycles. The van der Waals surface area contributed by atoms with E-state index < -0.39 is 0 Å². The van der Waals surface area contributed by atoms with Crippen molar-refractivity contribution >= 4 is 11.6 Å². The van der Waals surface area contributed by atoms with Gasteiger partial charge in [-0.1, -0.05) is 26.0 Å². The smallest absolute Gasteiger partial charge is 0.257 e. The minimum Gasteiger partial charge on any atom is -0.328 e. The minimum atomic E-state index is -0.251. The molecule has 0 atom stereocenters. The zero-order valence-corrected chi connectivity index (χ0v) is 12.1. The van der Waals surface area contributed by atoms with E-state index in [9.17, 15) is 9.59 Å². The van der Waals surface area contributed by atoms with Crippen molar-refractivity contribution in [3.63, 3.8) is 0 Å². The molecule has 110 valence electrons. The van der Waals surface area contributed by atoms with Gasteiger partial charge in [0.25, 0.3) is 5.91 Å². The van der Waals surface area contributed by atoms with Crippen molar-refractivity contribution in [2.24, 2.45) is 0 Å². The summed E-state index contributed by atoms with van der Waals surface area (Å²) in [5.74, 6) is -0.251. The van der Waals surface area contributed by atoms with E-state index in [0.717, 1.165) is 17.8 Å². The highest BCUT2D eigenvalue weighted by Gasteiger charge is 2.05. The van der Waals surface area contributed by atoms with Crippen molar-refractivity contribution in [2.45, 2.75) is 26.4 Å². The molecule has 0 aliphatic carbocycles. The van der Waals surface area contributed by atoms with Gasteiger partial charge in [-0.05, 0) is 23.8 Å². The van der Waals surface area contributed by atoms with Gasteiger partial charge in [0.2, 0.25) is 5.56 Å². The number of pyridine rings is 1. The Balaban J connectivity index is 1.98. The predicted octanol–water partition coefficient (Wildman–Crippen LogP) is 2.13. The predicted molar refractivity (Wildman–Crippen MR) is 83.4 cm³/mol. The molecule has 21 heavy (non-hydrogen) atoms. The molecule has 1 amide bonds. The number of aromatic nitrogens is 1. The van der Waals surface area contributed by atoms with Gasteiger partial charge in [0.15, 0.2) is 0 Å². The molecule has 0 aliphatic heterocycles. The van der Waals surface area contributed by atoms with Crippen molar-refractivity contribution in [1.29, 1.82) is 0 Å². The molecule has 1 aromatic carbocycles. The lowest BCUT2D eigenvalue weighted by Crippen LogP contribution is -2.21. The molecule has 2 rings (SSSR count). The van der Waals surface area contributed by atoms with Crippen molar-refractivity contribution in [2.75, 3.05) is 5.32 Å². The molecule has 1 heterocycles. The zero-order valence-electron chi connectivity index (χ0n) is 12.1. The first kappa shape index (κ1) is 15.0. The standard InChI is InChI=1S/C16H19N3O2/c1-11(2)17-9-12-3-6-14(7-4-12)19-16(21)13-5-8-15(20)18-10-13/h3-8,10-11,17H,9H2,1-2H3,(H,18,20)(H,19,21). The summed E-state index contributed by atoms with van der Waals surface area (Å²) in [6.07, 6.45) is 1.40. The molecule has 2 aromatic rings. The number of aromatic amines is 1. The van der Waals surface area contributed by atoms with E-state index in [1.54, 1.807) is 0 Å². The van der Waals surface area contributed by atoms with Crippen molar-refractivity contribution < 1.29 is 4.79 Å². The molecular formula is C16H19N3O2. The quantitative estimate of drug-likeness (QED) is 0.788. The number of nitrogens with one attached hydrogen (secondary N) is 3. The average molecular weight is 285 g/mol. The lowest BCUT2D eigenvalue weighted by Gasteiger charge is -2.09. The van der Waals surface area contributed by atoms with Gasteiger partial charge in [-0.2, -0.15) is 0 Å². The van der Waals surface area contributed by atoms with Crippen LogP contribution in [0.15, 0.2) is 47.4 Å². The number of rotatable bonds is 5. The molecule has 0 fully saturated rings. The second-order valence-electron chi connectivity index (χ2n) is 5.13. The minimum absolute atomic E-state index is 0.228. The van der Waals surface area contributed by atoms with Gasteiger partial charge < -0.3 is 15.6 Å². The van der Waals surface area contributed by atoms with Crippen LogP contribution in [-0.4, -0.2) is 16.9 Å². The summed E-state index contributed by atoms with van der Waals surface area (Å²) < 4.78 is 0. The third-order valence-corrected chi connectivity index (χ3v) is 2.97. The Morgan fingerprint density at radius 1 is 1.14 bits per heavy atom. The molecule has 5 nitrogen and oxygen atoms in total. The second-order valence-corrected chi connectivity index (χ2v) is 5.13. The van der Waals surface area contributed by atoms with Gasteiger partial charge in [0.05, 0.1) is 5.56 Å². The van der Waals surface area contributed by atoms with E-state index in [1.807, 2.05) is 24.3 Å². The highest BCUT2D eigenvalue weighted by molar-refractivity contribution is 6.03.